The summed E-state index contributed by atoms with van der Waals surface area (Å²) in [6, 6.07) is 7.01. The first-order valence-electron chi connectivity index (χ1n) is 8.26. The third-order valence-electron chi connectivity index (χ3n) is 3.00. The molecular weight excluding hydrogens is 386 g/mol. The quantitative estimate of drug-likeness (QED) is 0.575. The summed E-state index contributed by atoms with van der Waals surface area (Å²) in [6.07, 6.45) is -0.308. The minimum Gasteiger partial charge on any atom is -0.458 e. The van der Waals surface area contributed by atoms with E-state index in [1.54, 1.807) is 41.5 Å². The Bertz CT molecular complexity index is 585. The minimum absolute atomic E-state index is 0.330. The predicted octanol–water partition coefficient (Wildman–Crippen LogP) is 4.36. The molecule has 140 valence electrons. The smallest absolute Gasteiger partial charge is 0.408 e. The summed E-state index contributed by atoms with van der Waals surface area (Å²) in [5, 5.41) is 3.39. The van der Waals surface area contributed by atoms with E-state index in [4.69, 9.17) is 9.47 Å². The molecule has 1 N–H and O–H groups in total. The van der Waals surface area contributed by atoms with E-state index in [-0.39, 0.29) is 0 Å². The summed E-state index contributed by atoms with van der Waals surface area (Å²) >= 11 is 3.40. The van der Waals surface area contributed by atoms with E-state index >= 15 is 0 Å². The lowest BCUT2D eigenvalue weighted by atomic mass is 10.0. The Morgan fingerprint density at radius 2 is 1.44 bits per heavy atom. The fraction of sp³-hybridized carbons (Fsp3) is 0.579. The molecule has 0 aliphatic carbocycles. The van der Waals surface area contributed by atoms with E-state index in [1.165, 1.54) is 0 Å². The predicted molar refractivity (Wildman–Crippen MR) is 102 cm³/mol. The lowest BCUT2D eigenvalue weighted by Crippen LogP contribution is -2.47. The van der Waals surface area contributed by atoms with Crippen LogP contribution >= 0.6 is 15.9 Å². The number of esters is 1. The van der Waals surface area contributed by atoms with Crippen LogP contribution in [0.5, 0.6) is 0 Å². The van der Waals surface area contributed by atoms with Crippen molar-refractivity contribution in [1.29, 1.82) is 0 Å². The van der Waals surface area contributed by atoms with E-state index in [2.05, 4.69) is 21.2 Å². The molecule has 0 saturated heterocycles. The Balaban J connectivity index is 2.89. The van der Waals surface area contributed by atoms with E-state index in [0.717, 1.165) is 16.5 Å². The number of carbonyl (C=O) groups is 2. The minimum atomic E-state index is -0.816. The third-order valence-corrected chi connectivity index (χ3v) is 3.65. The van der Waals surface area contributed by atoms with Gasteiger partial charge in [0.1, 0.15) is 17.2 Å². The fourth-order valence-electron chi connectivity index (χ4n) is 2.02. The molecular formula is C19H28BrNO4. The molecule has 1 atom stereocenters. The molecule has 25 heavy (non-hydrogen) atoms. The summed E-state index contributed by atoms with van der Waals surface area (Å²) in [7, 11) is 0. The molecule has 0 fully saturated rings. The molecule has 6 heteroatoms. The average molecular weight is 414 g/mol. The van der Waals surface area contributed by atoms with Crippen LogP contribution in [-0.2, 0) is 26.0 Å². The standard InChI is InChI=1S/C19H28BrNO4/c1-18(2,3)24-16(22)15(21-17(23)25-19(4,5)6)11-13-7-9-14(12-20)10-8-13/h7-10,15H,11-12H2,1-6H3,(H,21,23)/t15-/m0/s1. The summed E-state index contributed by atoms with van der Waals surface area (Å²) < 4.78 is 10.7. The molecule has 0 spiro atoms. The van der Waals surface area contributed by atoms with Crippen LogP contribution in [0.25, 0.3) is 0 Å². The topological polar surface area (TPSA) is 64.6 Å². The van der Waals surface area contributed by atoms with Crippen LogP contribution in [0.2, 0.25) is 0 Å². The highest BCUT2D eigenvalue weighted by Crippen LogP contribution is 2.14. The van der Waals surface area contributed by atoms with Crippen molar-refractivity contribution in [2.45, 2.75) is 70.5 Å². The maximum Gasteiger partial charge on any atom is 0.408 e. The summed E-state index contributed by atoms with van der Waals surface area (Å²) in [5.74, 6) is -0.483. The molecule has 0 aliphatic rings. The van der Waals surface area contributed by atoms with Crippen molar-refractivity contribution in [2.75, 3.05) is 0 Å². The van der Waals surface area contributed by atoms with Gasteiger partial charge in [0.05, 0.1) is 0 Å². The first kappa shape index (κ1) is 21.5. The van der Waals surface area contributed by atoms with Crippen LogP contribution in [-0.4, -0.2) is 29.3 Å². The molecule has 1 amide bonds. The number of carbonyl (C=O) groups excluding carboxylic acids is 2. The van der Waals surface area contributed by atoms with Crippen LogP contribution in [0.15, 0.2) is 24.3 Å². The van der Waals surface area contributed by atoms with Gasteiger partial charge in [-0.05, 0) is 52.7 Å². The molecule has 0 aliphatic heterocycles. The zero-order valence-electron chi connectivity index (χ0n) is 15.8. The van der Waals surface area contributed by atoms with E-state index < -0.39 is 29.3 Å². The van der Waals surface area contributed by atoms with Gasteiger partial charge in [0.25, 0.3) is 0 Å². The lowest BCUT2D eigenvalue weighted by molar-refractivity contribution is -0.157. The number of halogens is 1. The van der Waals surface area contributed by atoms with Gasteiger partial charge in [-0.3, -0.25) is 0 Å². The molecule has 0 heterocycles. The molecule has 1 aromatic rings. The SMILES string of the molecule is CC(C)(C)OC(=O)N[C@@H](Cc1ccc(CBr)cc1)C(=O)OC(C)(C)C. The van der Waals surface area contributed by atoms with Gasteiger partial charge in [0.15, 0.2) is 0 Å². The largest absolute Gasteiger partial charge is 0.458 e. The number of ether oxygens (including phenoxy) is 2. The van der Waals surface area contributed by atoms with Gasteiger partial charge in [0.2, 0.25) is 0 Å². The second-order valence-corrected chi connectivity index (χ2v) is 8.45. The molecule has 0 saturated carbocycles. The van der Waals surface area contributed by atoms with Gasteiger partial charge in [-0.15, -0.1) is 0 Å². The van der Waals surface area contributed by atoms with E-state index in [0.29, 0.717) is 6.42 Å². The Kier molecular flexibility index (Phi) is 7.47. The van der Waals surface area contributed by atoms with Crippen molar-refractivity contribution in [1.82, 2.24) is 5.32 Å². The van der Waals surface area contributed by atoms with E-state index in [1.807, 2.05) is 24.3 Å². The Morgan fingerprint density at radius 1 is 0.960 bits per heavy atom. The van der Waals surface area contributed by atoms with Crippen molar-refractivity contribution >= 4 is 28.0 Å². The number of rotatable bonds is 5. The molecule has 0 bridgehead atoms. The average Bonchev–Trinajstić information content (AvgIpc) is 2.43. The molecule has 1 rings (SSSR count). The van der Waals surface area contributed by atoms with Crippen molar-refractivity contribution < 1.29 is 19.1 Å². The van der Waals surface area contributed by atoms with E-state index in [9.17, 15) is 9.59 Å². The first-order chi connectivity index (χ1) is 11.4. The third kappa shape index (κ3) is 8.91. The number of benzene rings is 1. The number of alkyl carbamates (subject to hydrolysis) is 1. The number of amides is 1. The maximum absolute atomic E-state index is 12.5. The highest BCUT2D eigenvalue weighted by atomic mass is 79.9. The number of hydrogen-bond acceptors (Lipinski definition) is 4. The fourth-order valence-corrected chi connectivity index (χ4v) is 2.39. The number of nitrogens with one attached hydrogen (secondary N) is 1. The second kappa shape index (κ2) is 8.70. The van der Waals surface area contributed by atoms with Gasteiger partial charge >= 0.3 is 12.1 Å². The number of alkyl halides is 1. The highest BCUT2D eigenvalue weighted by molar-refractivity contribution is 9.08. The van der Waals surface area contributed by atoms with Crippen molar-refractivity contribution in [2.24, 2.45) is 0 Å². The van der Waals surface area contributed by atoms with Crippen LogP contribution < -0.4 is 5.32 Å². The zero-order valence-corrected chi connectivity index (χ0v) is 17.4. The van der Waals surface area contributed by atoms with Gasteiger partial charge < -0.3 is 14.8 Å². The Labute approximate surface area is 158 Å². The van der Waals surface area contributed by atoms with Crippen LogP contribution in [0.3, 0.4) is 0 Å². The van der Waals surface area contributed by atoms with Gasteiger partial charge in [-0.2, -0.15) is 0 Å². The van der Waals surface area contributed by atoms with Crippen LogP contribution in [0.4, 0.5) is 4.79 Å². The molecule has 0 unspecified atom stereocenters. The Hall–Kier alpha value is -1.56. The molecule has 5 nitrogen and oxygen atoms in total. The lowest BCUT2D eigenvalue weighted by Gasteiger charge is -2.26. The molecule has 0 radical (unpaired) electrons. The molecule has 0 aromatic heterocycles. The van der Waals surface area contributed by atoms with Gasteiger partial charge in [-0.1, -0.05) is 40.2 Å². The van der Waals surface area contributed by atoms with Crippen molar-refractivity contribution in [3.8, 4) is 0 Å². The highest BCUT2D eigenvalue weighted by Gasteiger charge is 2.28. The Morgan fingerprint density at radius 3 is 1.88 bits per heavy atom. The van der Waals surface area contributed by atoms with Gasteiger partial charge in [-0.25, -0.2) is 9.59 Å². The zero-order chi connectivity index (χ0) is 19.3. The van der Waals surface area contributed by atoms with Crippen LogP contribution in [0.1, 0.15) is 52.7 Å². The van der Waals surface area contributed by atoms with Gasteiger partial charge in [0, 0.05) is 11.8 Å². The summed E-state index contributed by atoms with van der Waals surface area (Å²) in [6.45, 7) is 10.7. The first-order valence-corrected chi connectivity index (χ1v) is 9.38. The summed E-state index contributed by atoms with van der Waals surface area (Å²) in [4.78, 5) is 24.6. The second-order valence-electron chi connectivity index (χ2n) is 7.89. The van der Waals surface area contributed by atoms with Crippen LogP contribution in [0, 0.1) is 0 Å². The maximum atomic E-state index is 12.5. The normalized spacial score (nSPS) is 13.1. The summed E-state index contributed by atoms with van der Waals surface area (Å²) in [5.41, 5.74) is 0.791. The number of hydrogen-bond donors (Lipinski definition) is 1. The van der Waals surface area contributed by atoms with Crippen molar-refractivity contribution in [3.05, 3.63) is 35.4 Å². The molecule has 1 aromatic carbocycles. The monoisotopic (exact) mass is 413 g/mol. The van der Waals surface area contributed by atoms with Crippen molar-refractivity contribution in [3.63, 3.8) is 0 Å².